The minimum atomic E-state index is -0.185. The van der Waals surface area contributed by atoms with Crippen molar-refractivity contribution in [2.24, 2.45) is 0 Å². The maximum Gasteiger partial charge on any atom is 0.315 e. The van der Waals surface area contributed by atoms with Crippen LogP contribution in [0.4, 0.5) is 4.79 Å². The minimum absolute atomic E-state index is 0.0426. The second-order valence-corrected chi connectivity index (χ2v) is 6.28. The van der Waals surface area contributed by atoms with E-state index >= 15 is 0 Å². The molecule has 0 saturated carbocycles. The minimum Gasteiger partial charge on any atom is -0.475 e. The standard InChI is InChI=1S/C17H28N4O3/c1-13(2)24-16-15(5-4-6-18-16)11-19-17(22)20-14(3)12-21-7-9-23-10-8-21/h4-6,13-14H,7-12H2,1-3H3,(H2,19,20,22)/t14-/m0/s1. The lowest BCUT2D eigenvalue weighted by Crippen LogP contribution is -2.48. The molecule has 2 N–H and O–H groups in total. The van der Waals surface area contributed by atoms with Gasteiger partial charge in [0.25, 0.3) is 0 Å². The zero-order valence-electron chi connectivity index (χ0n) is 14.7. The molecule has 1 fully saturated rings. The molecular formula is C17H28N4O3. The molecule has 7 heteroatoms. The number of ether oxygens (including phenoxy) is 2. The van der Waals surface area contributed by atoms with Crippen LogP contribution in [0.15, 0.2) is 18.3 Å². The van der Waals surface area contributed by atoms with Crippen LogP contribution in [0.5, 0.6) is 5.88 Å². The van der Waals surface area contributed by atoms with Crippen molar-refractivity contribution in [3.63, 3.8) is 0 Å². The van der Waals surface area contributed by atoms with E-state index < -0.39 is 0 Å². The van der Waals surface area contributed by atoms with Gasteiger partial charge in [-0.05, 0) is 26.8 Å². The van der Waals surface area contributed by atoms with Crippen molar-refractivity contribution in [1.29, 1.82) is 0 Å². The van der Waals surface area contributed by atoms with Gasteiger partial charge in [0.15, 0.2) is 0 Å². The number of urea groups is 1. The van der Waals surface area contributed by atoms with E-state index in [9.17, 15) is 4.79 Å². The highest BCUT2D eigenvalue weighted by atomic mass is 16.5. The Morgan fingerprint density at radius 2 is 2.12 bits per heavy atom. The first-order valence-electron chi connectivity index (χ1n) is 8.49. The summed E-state index contributed by atoms with van der Waals surface area (Å²) in [6.45, 7) is 10.5. The fourth-order valence-electron chi connectivity index (χ4n) is 2.56. The smallest absolute Gasteiger partial charge is 0.315 e. The number of hydrogen-bond donors (Lipinski definition) is 2. The third-order valence-corrected chi connectivity index (χ3v) is 3.65. The average molecular weight is 336 g/mol. The van der Waals surface area contributed by atoms with Crippen LogP contribution in [-0.4, -0.2) is 60.9 Å². The van der Waals surface area contributed by atoms with E-state index in [0.717, 1.165) is 38.4 Å². The summed E-state index contributed by atoms with van der Waals surface area (Å²) in [4.78, 5) is 18.6. The van der Waals surface area contributed by atoms with E-state index in [1.807, 2.05) is 32.9 Å². The van der Waals surface area contributed by atoms with Crippen LogP contribution in [0.1, 0.15) is 26.3 Å². The summed E-state index contributed by atoms with van der Waals surface area (Å²) < 4.78 is 11.0. The van der Waals surface area contributed by atoms with Crippen LogP contribution in [0.3, 0.4) is 0 Å². The molecule has 0 aromatic carbocycles. The first-order chi connectivity index (χ1) is 11.5. The molecule has 2 rings (SSSR count). The average Bonchev–Trinajstić information content (AvgIpc) is 2.54. The lowest BCUT2D eigenvalue weighted by Gasteiger charge is -2.29. The number of hydrogen-bond acceptors (Lipinski definition) is 5. The lowest BCUT2D eigenvalue weighted by atomic mass is 10.2. The molecular weight excluding hydrogens is 308 g/mol. The van der Waals surface area contributed by atoms with Gasteiger partial charge in [0.05, 0.1) is 19.3 Å². The molecule has 0 aliphatic carbocycles. The summed E-state index contributed by atoms with van der Waals surface area (Å²) >= 11 is 0. The third-order valence-electron chi connectivity index (χ3n) is 3.65. The third kappa shape index (κ3) is 6.33. The molecule has 1 aromatic rings. The Morgan fingerprint density at radius 3 is 2.83 bits per heavy atom. The van der Waals surface area contributed by atoms with Gasteiger partial charge in [-0.1, -0.05) is 6.07 Å². The van der Waals surface area contributed by atoms with Gasteiger partial charge < -0.3 is 20.1 Å². The number of morpholine rings is 1. The summed E-state index contributed by atoms with van der Waals surface area (Å²) in [6, 6.07) is 3.63. The van der Waals surface area contributed by atoms with Gasteiger partial charge in [0.2, 0.25) is 5.88 Å². The number of pyridine rings is 1. The van der Waals surface area contributed by atoms with E-state index in [-0.39, 0.29) is 18.2 Å². The van der Waals surface area contributed by atoms with Crippen molar-refractivity contribution in [3.05, 3.63) is 23.9 Å². The molecule has 134 valence electrons. The van der Waals surface area contributed by atoms with Crippen molar-refractivity contribution >= 4 is 6.03 Å². The number of aromatic nitrogens is 1. The predicted octanol–water partition coefficient (Wildman–Crippen LogP) is 1.39. The Hall–Kier alpha value is -1.86. The summed E-state index contributed by atoms with van der Waals surface area (Å²) in [5, 5.41) is 5.83. The van der Waals surface area contributed by atoms with Gasteiger partial charge >= 0.3 is 6.03 Å². The predicted molar refractivity (Wildman–Crippen MR) is 92.1 cm³/mol. The normalized spacial score (nSPS) is 16.7. The highest BCUT2D eigenvalue weighted by Gasteiger charge is 2.15. The molecule has 1 saturated heterocycles. The molecule has 2 amide bonds. The fraction of sp³-hybridized carbons (Fsp3) is 0.647. The van der Waals surface area contributed by atoms with Crippen molar-refractivity contribution in [2.75, 3.05) is 32.8 Å². The van der Waals surface area contributed by atoms with E-state index in [2.05, 4.69) is 20.5 Å². The summed E-state index contributed by atoms with van der Waals surface area (Å²) in [5.74, 6) is 0.564. The Balaban J connectivity index is 1.76. The Bertz CT molecular complexity index is 518. The van der Waals surface area contributed by atoms with Crippen molar-refractivity contribution in [2.45, 2.75) is 39.5 Å². The topological polar surface area (TPSA) is 75.7 Å². The number of nitrogens with one attached hydrogen (secondary N) is 2. The van der Waals surface area contributed by atoms with Crippen molar-refractivity contribution < 1.29 is 14.3 Å². The molecule has 0 radical (unpaired) electrons. The number of carbonyl (C=O) groups excluding carboxylic acids is 1. The first kappa shape index (κ1) is 18.5. The van der Waals surface area contributed by atoms with Gasteiger partial charge in [0, 0.05) is 44.0 Å². The Morgan fingerprint density at radius 1 is 1.38 bits per heavy atom. The fourth-order valence-corrected chi connectivity index (χ4v) is 2.56. The van der Waals surface area contributed by atoms with Crippen LogP contribution < -0.4 is 15.4 Å². The Labute approximate surface area is 143 Å². The quantitative estimate of drug-likeness (QED) is 0.787. The van der Waals surface area contributed by atoms with Gasteiger partial charge in [-0.25, -0.2) is 9.78 Å². The van der Waals surface area contributed by atoms with E-state index in [1.54, 1.807) is 6.20 Å². The highest BCUT2D eigenvalue weighted by Crippen LogP contribution is 2.15. The number of amides is 2. The molecule has 0 unspecified atom stereocenters. The van der Waals surface area contributed by atoms with Gasteiger partial charge in [0.1, 0.15) is 0 Å². The maximum atomic E-state index is 12.1. The number of rotatable bonds is 7. The van der Waals surface area contributed by atoms with Crippen LogP contribution in [0, 0.1) is 0 Å². The van der Waals surface area contributed by atoms with Gasteiger partial charge in [-0.2, -0.15) is 0 Å². The maximum absolute atomic E-state index is 12.1. The monoisotopic (exact) mass is 336 g/mol. The molecule has 0 spiro atoms. The zero-order chi connectivity index (χ0) is 17.4. The number of carbonyl (C=O) groups is 1. The molecule has 1 aliphatic rings. The van der Waals surface area contributed by atoms with Gasteiger partial charge in [-0.3, -0.25) is 4.90 Å². The highest BCUT2D eigenvalue weighted by molar-refractivity contribution is 5.74. The molecule has 7 nitrogen and oxygen atoms in total. The second kappa shape index (κ2) is 9.44. The zero-order valence-corrected chi connectivity index (χ0v) is 14.7. The SMILES string of the molecule is CC(C)Oc1ncccc1CNC(=O)N[C@@H](C)CN1CCOCC1. The molecule has 24 heavy (non-hydrogen) atoms. The molecule has 1 atom stereocenters. The van der Waals surface area contributed by atoms with Crippen molar-refractivity contribution in [1.82, 2.24) is 20.5 Å². The van der Waals surface area contributed by atoms with E-state index in [0.29, 0.717) is 12.4 Å². The van der Waals surface area contributed by atoms with Crippen LogP contribution in [0.25, 0.3) is 0 Å². The molecule has 0 bridgehead atoms. The largest absolute Gasteiger partial charge is 0.475 e. The molecule has 1 aliphatic heterocycles. The first-order valence-corrected chi connectivity index (χ1v) is 8.49. The van der Waals surface area contributed by atoms with Crippen molar-refractivity contribution in [3.8, 4) is 5.88 Å². The van der Waals surface area contributed by atoms with Crippen LogP contribution in [0.2, 0.25) is 0 Å². The molecule has 1 aromatic heterocycles. The summed E-state index contributed by atoms with van der Waals surface area (Å²) in [7, 11) is 0. The van der Waals surface area contributed by atoms with E-state index in [4.69, 9.17) is 9.47 Å². The van der Waals surface area contributed by atoms with Gasteiger partial charge in [-0.15, -0.1) is 0 Å². The molecule has 2 heterocycles. The van der Waals surface area contributed by atoms with Crippen LogP contribution in [-0.2, 0) is 11.3 Å². The summed E-state index contributed by atoms with van der Waals surface area (Å²) in [6.07, 6.45) is 1.73. The van der Waals surface area contributed by atoms with E-state index in [1.165, 1.54) is 0 Å². The summed E-state index contributed by atoms with van der Waals surface area (Å²) in [5.41, 5.74) is 0.863. The Kier molecular flexibility index (Phi) is 7.27. The van der Waals surface area contributed by atoms with Crippen LogP contribution >= 0.6 is 0 Å². The lowest BCUT2D eigenvalue weighted by molar-refractivity contribution is 0.0349. The second-order valence-electron chi connectivity index (χ2n) is 6.28. The number of nitrogens with zero attached hydrogens (tertiary/aromatic N) is 2.